The van der Waals surface area contributed by atoms with Crippen LogP contribution >= 0.6 is 11.6 Å². The molecule has 0 radical (unpaired) electrons. The van der Waals surface area contributed by atoms with Crippen molar-refractivity contribution in [1.82, 2.24) is 4.90 Å². The van der Waals surface area contributed by atoms with Crippen molar-refractivity contribution in [3.8, 4) is 0 Å². The number of amides is 1. The van der Waals surface area contributed by atoms with E-state index in [4.69, 9.17) is 11.6 Å². The van der Waals surface area contributed by atoms with Crippen LogP contribution in [0, 0.1) is 17.8 Å². The maximum atomic E-state index is 12.6. The Kier molecular flexibility index (Phi) is 6.67. The van der Waals surface area contributed by atoms with Crippen molar-refractivity contribution in [3.63, 3.8) is 0 Å². The van der Waals surface area contributed by atoms with Crippen LogP contribution in [-0.4, -0.2) is 29.8 Å². The van der Waals surface area contributed by atoms with Crippen molar-refractivity contribution in [2.75, 3.05) is 19.0 Å². The van der Waals surface area contributed by atoms with Gasteiger partial charge in [0.15, 0.2) is 0 Å². The molecule has 0 aromatic carbocycles. The van der Waals surface area contributed by atoms with Crippen molar-refractivity contribution in [3.05, 3.63) is 0 Å². The molecule has 1 amide bonds. The molecule has 0 aromatic rings. The lowest BCUT2D eigenvalue weighted by Crippen LogP contribution is -2.44. The number of rotatable bonds is 5. The first-order chi connectivity index (χ1) is 9.74. The summed E-state index contributed by atoms with van der Waals surface area (Å²) in [5, 5.41) is 0. The zero-order chi connectivity index (χ0) is 14.4. The van der Waals surface area contributed by atoms with Crippen LogP contribution in [0.4, 0.5) is 0 Å². The highest BCUT2D eigenvalue weighted by molar-refractivity contribution is 6.18. The van der Waals surface area contributed by atoms with E-state index >= 15 is 0 Å². The predicted molar refractivity (Wildman–Crippen MR) is 85.0 cm³/mol. The molecular formula is C17H30ClNO. The van der Waals surface area contributed by atoms with Gasteiger partial charge in [0.2, 0.25) is 5.91 Å². The molecule has 2 nitrogen and oxygen atoms in total. The minimum Gasteiger partial charge on any atom is -0.342 e. The molecule has 1 saturated heterocycles. The van der Waals surface area contributed by atoms with E-state index in [1.54, 1.807) is 0 Å². The van der Waals surface area contributed by atoms with Gasteiger partial charge in [-0.05, 0) is 50.4 Å². The highest BCUT2D eigenvalue weighted by Crippen LogP contribution is 2.33. The lowest BCUT2D eigenvalue weighted by molar-refractivity contribution is -0.138. The first kappa shape index (κ1) is 16.1. The zero-order valence-electron chi connectivity index (χ0n) is 13.0. The smallest absolute Gasteiger partial charge is 0.225 e. The van der Waals surface area contributed by atoms with Crippen LogP contribution in [0.5, 0.6) is 0 Å². The molecule has 1 aliphatic carbocycles. The van der Waals surface area contributed by atoms with Gasteiger partial charge in [-0.2, -0.15) is 0 Å². The molecule has 20 heavy (non-hydrogen) atoms. The minimum absolute atomic E-state index is 0.307. The summed E-state index contributed by atoms with van der Waals surface area (Å²) < 4.78 is 0. The molecule has 1 aliphatic heterocycles. The van der Waals surface area contributed by atoms with Crippen LogP contribution in [0.15, 0.2) is 0 Å². The second-order valence-corrected chi connectivity index (χ2v) is 7.12. The summed E-state index contributed by atoms with van der Waals surface area (Å²) in [6.07, 6.45) is 11.1. The number of likely N-dealkylation sites (tertiary alicyclic amines) is 1. The summed E-state index contributed by atoms with van der Waals surface area (Å²) in [6, 6.07) is 0. The number of nitrogens with zero attached hydrogens (tertiary/aromatic N) is 1. The van der Waals surface area contributed by atoms with E-state index in [0.29, 0.717) is 23.6 Å². The Balaban J connectivity index is 1.76. The van der Waals surface area contributed by atoms with E-state index in [9.17, 15) is 4.79 Å². The molecule has 1 unspecified atom stereocenters. The van der Waals surface area contributed by atoms with Crippen LogP contribution in [0.3, 0.4) is 0 Å². The Morgan fingerprint density at radius 3 is 2.55 bits per heavy atom. The van der Waals surface area contributed by atoms with E-state index < -0.39 is 0 Å². The Labute approximate surface area is 129 Å². The van der Waals surface area contributed by atoms with Crippen LogP contribution in [0.25, 0.3) is 0 Å². The lowest BCUT2D eigenvalue weighted by atomic mass is 9.79. The third kappa shape index (κ3) is 4.38. The van der Waals surface area contributed by atoms with Gasteiger partial charge in [-0.15, -0.1) is 11.6 Å². The normalized spacial score (nSPS) is 31.3. The maximum Gasteiger partial charge on any atom is 0.225 e. The Bertz CT molecular complexity index is 299. The fraction of sp³-hybridized carbons (Fsp3) is 0.941. The fourth-order valence-corrected chi connectivity index (χ4v) is 4.09. The molecule has 116 valence electrons. The van der Waals surface area contributed by atoms with Gasteiger partial charge in [0.1, 0.15) is 0 Å². The topological polar surface area (TPSA) is 20.3 Å². The molecule has 2 aliphatic rings. The Hall–Kier alpha value is -0.240. The molecule has 2 fully saturated rings. The molecular weight excluding hydrogens is 270 g/mol. The van der Waals surface area contributed by atoms with Gasteiger partial charge < -0.3 is 4.90 Å². The standard InChI is InChI=1S/C17H30ClNO/c1-2-3-5-14-7-9-16(10-8-14)17(20)19-11-4-6-15(12-18)13-19/h14-16H,2-13H2,1H3. The Morgan fingerprint density at radius 1 is 1.15 bits per heavy atom. The quantitative estimate of drug-likeness (QED) is 0.686. The van der Waals surface area contributed by atoms with E-state index in [-0.39, 0.29) is 0 Å². The predicted octanol–water partition coefficient (Wildman–Crippen LogP) is 4.46. The van der Waals surface area contributed by atoms with E-state index in [1.807, 2.05) is 0 Å². The van der Waals surface area contributed by atoms with Crippen molar-refractivity contribution >= 4 is 17.5 Å². The molecule has 0 spiro atoms. The largest absolute Gasteiger partial charge is 0.342 e. The first-order valence-corrected chi connectivity index (χ1v) is 9.12. The van der Waals surface area contributed by atoms with Gasteiger partial charge in [-0.3, -0.25) is 4.79 Å². The molecule has 0 aromatic heterocycles. The third-order valence-corrected chi connectivity index (χ3v) is 5.65. The van der Waals surface area contributed by atoms with Crippen molar-refractivity contribution in [2.45, 2.75) is 64.7 Å². The zero-order valence-corrected chi connectivity index (χ0v) is 13.7. The number of carbonyl (C=O) groups excluding carboxylic acids is 1. The van der Waals surface area contributed by atoms with Crippen LogP contribution in [-0.2, 0) is 4.79 Å². The maximum absolute atomic E-state index is 12.6. The van der Waals surface area contributed by atoms with Gasteiger partial charge in [-0.1, -0.05) is 26.2 Å². The summed E-state index contributed by atoms with van der Waals surface area (Å²) in [4.78, 5) is 14.7. The Morgan fingerprint density at radius 2 is 1.90 bits per heavy atom. The van der Waals surface area contributed by atoms with Gasteiger partial charge in [0.25, 0.3) is 0 Å². The van der Waals surface area contributed by atoms with Crippen molar-refractivity contribution in [2.24, 2.45) is 17.8 Å². The molecule has 1 heterocycles. The average molecular weight is 300 g/mol. The first-order valence-electron chi connectivity index (χ1n) is 8.59. The summed E-state index contributed by atoms with van der Waals surface area (Å²) in [6.45, 7) is 4.12. The van der Waals surface area contributed by atoms with E-state index in [1.165, 1.54) is 38.5 Å². The number of piperidine rings is 1. The van der Waals surface area contributed by atoms with Crippen LogP contribution in [0.1, 0.15) is 64.7 Å². The second kappa shape index (κ2) is 8.26. The van der Waals surface area contributed by atoms with E-state index in [2.05, 4.69) is 11.8 Å². The van der Waals surface area contributed by atoms with Crippen molar-refractivity contribution < 1.29 is 4.79 Å². The highest BCUT2D eigenvalue weighted by Gasteiger charge is 2.31. The number of alkyl halides is 1. The van der Waals surface area contributed by atoms with Crippen LogP contribution < -0.4 is 0 Å². The second-order valence-electron chi connectivity index (χ2n) is 6.81. The lowest BCUT2D eigenvalue weighted by Gasteiger charge is -2.36. The molecule has 1 saturated carbocycles. The summed E-state index contributed by atoms with van der Waals surface area (Å²) in [7, 11) is 0. The number of carbonyl (C=O) groups is 1. The monoisotopic (exact) mass is 299 g/mol. The molecule has 3 heteroatoms. The third-order valence-electron chi connectivity index (χ3n) is 5.21. The van der Waals surface area contributed by atoms with Crippen molar-refractivity contribution in [1.29, 1.82) is 0 Å². The van der Waals surface area contributed by atoms with Gasteiger partial charge in [0.05, 0.1) is 0 Å². The highest BCUT2D eigenvalue weighted by atomic mass is 35.5. The van der Waals surface area contributed by atoms with Gasteiger partial charge >= 0.3 is 0 Å². The summed E-state index contributed by atoms with van der Waals surface area (Å²) in [5.41, 5.74) is 0. The molecule has 1 atom stereocenters. The minimum atomic E-state index is 0.307. The molecule has 2 rings (SSSR count). The summed E-state index contributed by atoms with van der Waals surface area (Å²) >= 11 is 5.97. The van der Waals surface area contributed by atoms with Gasteiger partial charge in [-0.25, -0.2) is 0 Å². The SMILES string of the molecule is CCCCC1CCC(C(=O)N2CCCC(CCl)C2)CC1. The van der Waals surface area contributed by atoms with Gasteiger partial charge in [0, 0.05) is 24.9 Å². The molecule has 0 N–H and O–H groups in total. The number of hydrogen-bond donors (Lipinski definition) is 0. The van der Waals surface area contributed by atoms with E-state index in [0.717, 1.165) is 38.3 Å². The fourth-order valence-electron chi connectivity index (χ4n) is 3.84. The number of hydrogen-bond acceptors (Lipinski definition) is 1. The number of unbranched alkanes of at least 4 members (excludes halogenated alkanes) is 1. The number of halogens is 1. The summed E-state index contributed by atoms with van der Waals surface area (Å²) in [5.74, 6) is 2.84. The molecule has 0 bridgehead atoms. The van der Waals surface area contributed by atoms with Crippen LogP contribution in [0.2, 0.25) is 0 Å². The average Bonchev–Trinajstić information content (AvgIpc) is 2.52.